The Morgan fingerprint density at radius 1 is 0.931 bits per heavy atom. The molecular weight excluding hydrogens is 386 g/mol. The van der Waals surface area contributed by atoms with Crippen LogP contribution in [0.25, 0.3) is 0 Å². The summed E-state index contributed by atoms with van der Waals surface area (Å²) >= 11 is 1.54. The van der Waals surface area contributed by atoms with Crippen molar-refractivity contribution in [1.82, 2.24) is 5.32 Å². The number of aliphatic carboxylic acids is 2. The van der Waals surface area contributed by atoms with Gasteiger partial charge in [-0.25, -0.2) is 4.79 Å². The van der Waals surface area contributed by atoms with Crippen molar-refractivity contribution in [2.75, 3.05) is 11.5 Å². The predicted molar refractivity (Wildman–Crippen MR) is 123 cm³/mol. The minimum absolute atomic E-state index is 0.0594. The van der Waals surface area contributed by atoms with E-state index in [0.29, 0.717) is 11.4 Å². The monoisotopic (exact) mass is 423 g/mol. The van der Waals surface area contributed by atoms with Crippen molar-refractivity contribution in [2.45, 2.75) is 72.3 Å². The van der Waals surface area contributed by atoms with Gasteiger partial charge in [0, 0.05) is 17.2 Å². The van der Waals surface area contributed by atoms with E-state index < -0.39 is 18.0 Å². The molecule has 1 atom stereocenters. The smallest absolute Gasteiger partial charge is 0.326 e. The lowest BCUT2D eigenvalue weighted by molar-refractivity contribution is -0.138. The van der Waals surface area contributed by atoms with Crippen LogP contribution in [0.2, 0.25) is 0 Å². The summed E-state index contributed by atoms with van der Waals surface area (Å²) in [5.41, 5.74) is 4.53. The molecule has 0 rings (SSSR count). The van der Waals surface area contributed by atoms with Crippen LogP contribution in [0.1, 0.15) is 66.2 Å². The highest BCUT2D eigenvalue weighted by atomic mass is 32.2. The molecule has 0 aromatic heterocycles. The zero-order valence-corrected chi connectivity index (χ0v) is 19.1. The number of thioether (sulfide) groups is 1. The second kappa shape index (κ2) is 15.9. The molecular formula is C23H37NO4S. The minimum Gasteiger partial charge on any atom is -0.481 e. The number of allylic oxidation sites excluding steroid dienone is 6. The number of nitrogens with one attached hydrogen (secondary N) is 1. The van der Waals surface area contributed by atoms with Gasteiger partial charge in [0.05, 0.1) is 6.42 Å². The van der Waals surface area contributed by atoms with E-state index in [1.54, 1.807) is 0 Å². The van der Waals surface area contributed by atoms with Crippen LogP contribution in [0.4, 0.5) is 0 Å². The molecule has 6 heteroatoms. The number of hydrogen-bond acceptors (Lipinski definition) is 4. The molecule has 0 saturated heterocycles. The van der Waals surface area contributed by atoms with Gasteiger partial charge >= 0.3 is 11.9 Å². The maximum absolute atomic E-state index is 11.4. The molecule has 0 fully saturated rings. The molecule has 0 bridgehead atoms. The molecule has 0 heterocycles. The first-order valence-electron chi connectivity index (χ1n) is 10.0. The Hall–Kier alpha value is -1.95. The molecule has 29 heavy (non-hydrogen) atoms. The maximum atomic E-state index is 11.4. The highest BCUT2D eigenvalue weighted by molar-refractivity contribution is 7.99. The summed E-state index contributed by atoms with van der Waals surface area (Å²) in [5.74, 6) is -0.729. The maximum Gasteiger partial charge on any atom is 0.326 e. The fraction of sp³-hybridized carbons (Fsp3) is 0.565. The van der Waals surface area contributed by atoms with E-state index in [1.165, 1.54) is 28.5 Å². The number of rotatable bonds is 16. The average Bonchev–Trinajstić information content (AvgIpc) is 2.61. The third kappa shape index (κ3) is 16.7. The van der Waals surface area contributed by atoms with Crippen LogP contribution in [-0.2, 0) is 9.59 Å². The van der Waals surface area contributed by atoms with Crippen molar-refractivity contribution in [1.29, 1.82) is 0 Å². The van der Waals surface area contributed by atoms with Crippen molar-refractivity contribution in [2.24, 2.45) is 0 Å². The Morgan fingerprint density at radius 3 is 2.07 bits per heavy atom. The second-order valence-electron chi connectivity index (χ2n) is 7.53. The second-order valence-corrected chi connectivity index (χ2v) is 8.60. The molecule has 0 spiro atoms. The summed E-state index contributed by atoms with van der Waals surface area (Å²) < 4.78 is 0. The molecule has 164 valence electrons. The van der Waals surface area contributed by atoms with Crippen LogP contribution >= 0.6 is 11.8 Å². The Labute approximate surface area is 180 Å². The van der Waals surface area contributed by atoms with E-state index >= 15 is 0 Å². The van der Waals surface area contributed by atoms with Crippen LogP contribution < -0.4 is 5.32 Å². The van der Waals surface area contributed by atoms with Gasteiger partial charge in [0.15, 0.2) is 0 Å². The largest absolute Gasteiger partial charge is 0.481 e. The van der Waals surface area contributed by atoms with Crippen molar-refractivity contribution in [3.05, 3.63) is 47.2 Å². The third-order valence-electron chi connectivity index (χ3n) is 4.27. The molecule has 0 aromatic carbocycles. The molecule has 0 saturated carbocycles. The van der Waals surface area contributed by atoms with E-state index in [-0.39, 0.29) is 12.8 Å². The SMILES string of the molecule is C=C(CCC(=O)O)N[C@@H](CSC/C=C(\C)CC/C=C(\C)CCC=C(C)C)C(=O)O. The lowest BCUT2D eigenvalue weighted by atomic mass is 10.1. The van der Waals surface area contributed by atoms with Gasteiger partial charge in [0.25, 0.3) is 0 Å². The van der Waals surface area contributed by atoms with Gasteiger partial charge in [-0.15, -0.1) is 0 Å². The first-order valence-corrected chi connectivity index (χ1v) is 11.2. The molecule has 0 amide bonds. The first-order chi connectivity index (χ1) is 13.6. The Morgan fingerprint density at radius 2 is 1.52 bits per heavy atom. The summed E-state index contributed by atoms with van der Waals surface area (Å²) in [6, 6.07) is -0.763. The molecule has 0 aliphatic rings. The first kappa shape index (κ1) is 27.0. The summed E-state index contributed by atoms with van der Waals surface area (Å²) in [6.07, 6.45) is 11.1. The number of carboxylic acid groups (broad SMARTS) is 2. The molecule has 0 radical (unpaired) electrons. The Balaban J connectivity index is 4.20. The fourth-order valence-electron chi connectivity index (χ4n) is 2.48. The topological polar surface area (TPSA) is 86.6 Å². The van der Waals surface area contributed by atoms with Gasteiger partial charge < -0.3 is 15.5 Å². The van der Waals surface area contributed by atoms with Gasteiger partial charge in [-0.05, 0) is 59.8 Å². The molecule has 0 aromatic rings. The van der Waals surface area contributed by atoms with E-state index in [2.05, 4.69) is 57.8 Å². The van der Waals surface area contributed by atoms with Crippen LogP contribution in [-0.4, -0.2) is 39.7 Å². The van der Waals surface area contributed by atoms with Crippen LogP contribution in [0.15, 0.2) is 47.2 Å². The summed E-state index contributed by atoms with van der Waals surface area (Å²) in [5, 5.41) is 20.8. The zero-order chi connectivity index (χ0) is 22.2. The van der Waals surface area contributed by atoms with Gasteiger partial charge in [-0.3, -0.25) is 4.79 Å². The van der Waals surface area contributed by atoms with Crippen molar-refractivity contribution in [3.63, 3.8) is 0 Å². The molecule has 3 N–H and O–H groups in total. The quantitative estimate of drug-likeness (QED) is 0.222. The number of carbonyl (C=O) groups is 2. The fourth-order valence-corrected chi connectivity index (χ4v) is 3.48. The zero-order valence-electron chi connectivity index (χ0n) is 18.3. The predicted octanol–water partition coefficient (Wildman–Crippen LogP) is 5.56. The lowest BCUT2D eigenvalue weighted by Crippen LogP contribution is -2.38. The Kier molecular flexibility index (Phi) is 14.8. The minimum atomic E-state index is -0.955. The number of hydrogen-bond donors (Lipinski definition) is 3. The molecule has 0 aliphatic heterocycles. The summed E-state index contributed by atoms with van der Waals surface area (Å²) in [7, 11) is 0. The Bertz CT molecular complexity index is 631. The standard InChI is InChI=1S/C23H37NO4S/c1-17(2)8-6-9-18(3)10-7-11-19(4)14-15-29-16-21(23(27)28)24-20(5)12-13-22(25)26/h8,10,14,21,24H,5-7,9,11-13,15-16H2,1-4H3,(H,25,26)(H,27,28)/b18-10+,19-14+/t21-/m0/s1. The molecule has 0 unspecified atom stereocenters. The van der Waals surface area contributed by atoms with Crippen LogP contribution in [0, 0.1) is 0 Å². The van der Waals surface area contributed by atoms with Crippen molar-refractivity contribution in [3.8, 4) is 0 Å². The number of carboxylic acids is 2. The van der Waals surface area contributed by atoms with E-state index in [4.69, 9.17) is 5.11 Å². The lowest BCUT2D eigenvalue weighted by Gasteiger charge is -2.16. The third-order valence-corrected chi connectivity index (χ3v) is 5.25. The van der Waals surface area contributed by atoms with E-state index in [0.717, 1.165) is 31.4 Å². The highest BCUT2D eigenvalue weighted by Gasteiger charge is 2.17. The normalized spacial score (nSPS) is 13.0. The van der Waals surface area contributed by atoms with Crippen molar-refractivity contribution < 1.29 is 19.8 Å². The molecule has 5 nitrogen and oxygen atoms in total. The highest BCUT2D eigenvalue weighted by Crippen LogP contribution is 2.13. The molecule has 0 aliphatic carbocycles. The van der Waals surface area contributed by atoms with Gasteiger partial charge in [0.2, 0.25) is 0 Å². The average molecular weight is 424 g/mol. The summed E-state index contributed by atoms with van der Waals surface area (Å²) in [4.78, 5) is 21.9. The van der Waals surface area contributed by atoms with E-state index in [9.17, 15) is 14.7 Å². The van der Waals surface area contributed by atoms with Gasteiger partial charge in [-0.2, -0.15) is 11.8 Å². The van der Waals surface area contributed by atoms with Gasteiger partial charge in [0.1, 0.15) is 6.04 Å². The van der Waals surface area contributed by atoms with Crippen LogP contribution in [0.3, 0.4) is 0 Å². The van der Waals surface area contributed by atoms with Crippen LogP contribution in [0.5, 0.6) is 0 Å². The summed E-state index contributed by atoms with van der Waals surface area (Å²) in [6.45, 7) is 12.2. The van der Waals surface area contributed by atoms with Crippen molar-refractivity contribution >= 4 is 23.7 Å². The van der Waals surface area contributed by atoms with Gasteiger partial charge in [-0.1, -0.05) is 41.5 Å². The van der Waals surface area contributed by atoms with E-state index in [1.807, 2.05) is 0 Å².